The minimum atomic E-state index is -4.49. The molecule has 31 heavy (non-hydrogen) atoms. The SMILES string of the molecule is CCNC(=O)c1coc(CN(Cc2ccc(F)cc2)Cc2ccccc2C(F)(F)F)n1. The minimum absolute atomic E-state index is 0.0497. The lowest BCUT2D eigenvalue weighted by Crippen LogP contribution is -2.25. The molecule has 0 saturated heterocycles. The van der Waals surface area contributed by atoms with Gasteiger partial charge in [0.1, 0.15) is 12.1 Å². The molecule has 0 spiro atoms. The van der Waals surface area contributed by atoms with E-state index in [2.05, 4.69) is 10.3 Å². The Morgan fingerprint density at radius 2 is 1.77 bits per heavy atom. The molecule has 0 bridgehead atoms. The van der Waals surface area contributed by atoms with E-state index < -0.39 is 23.5 Å². The molecule has 1 heterocycles. The Morgan fingerprint density at radius 1 is 1.06 bits per heavy atom. The summed E-state index contributed by atoms with van der Waals surface area (Å²) in [7, 11) is 0. The van der Waals surface area contributed by atoms with Gasteiger partial charge in [-0.15, -0.1) is 0 Å². The van der Waals surface area contributed by atoms with Crippen LogP contribution in [0.4, 0.5) is 17.6 Å². The number of hydrogen-bond acceptors (Lipinski definition) is 4. The molecular weight excluding hydrogens is 414 g/mol. The third kappa shape index (κ3) is 6.14. The van der Waals surface area contributed by atoms with Gasteiger partial charge in [0.2, 0.25) is 5.89 Å². The number of aromatic nitrogens is 1. The van der Waals surface area contributed by atoms with Crippen LogP contribution in [0.1, 0.15) is 40.0 Å². The van der Waals surface area contributed by atoms with E-state index in [1.54, 1.807) is 30.0 Å². The van der Waals surface area contributed by atoms with Gasteiger partial charge in [-0.05, 0) is 36.2 Å². The Bertz CT molecular complexity index is 1020. The van der Waals surface area contributed by atoms with Crippen LogP contribution in [0.15, 0.2) is 59.2 Å². The maximum Gasteiger partial charge on any atom is 0.416 e. The number of alkyl halides is 3. The molecule has 0 radical (unpaired) electrons. The van der Waals surface area contributed by atoms with Crippen molar-refractivity contribution in [2.45, 2.75) is 32.7 Å². The van der Waals surface area contributed by atoms with Gasteiger partial charge < -0.3 is 9.73 Å². The number of nitrogens with one attached hydrogen (secondary N) is 1. The number of benzene rings is 2. The Kier molecular flexibility index (Phi) is 7.06. The lowest BCUT2D eigenvalue weighted by Gasteiger charge is -2.23. The second-order valence-electron chi connectivity index (χ2n) is 6.91. The largest absolute Gasteiger partial charge is 0.447 e. The molecule has 1 amide bonds. The highest BCUT2D eigenvalue weighted by atomic mass is 19.4. The summed E-state index contributed by atoms with van der Waals surface area (Å²) in [6.07, 6.45) is -3.29. The van der Waals surface area contributed by atoms with Crippen LogP contribution in [0.5, 0.6) is 0 Å². The topological polar surface area (TPSA) is 58.4 Å². The number of carbonyl (C=O) groups is 1. The summed E-state index contributed by atoms with van der Waals surface area (Å²) in [5.74, 6) is -0.616. The van der Waals surface area contributed by atoms with Crippen molar-refractivity contribution in [2.75, 3.05) is 6.54 Å². The van der Waals surface area contributed by atoms with Gasteiger partial charge in [0.25, 0.3) is 5.91 Å². The van der Waals surface area contributed by atoms with E-state index in [1.165, 1.54) is 30.5 Å². The van der Waals surface area contributed by atoms with Crippen molar-refractivity contribution in [1.82, 2.24) is 15.2 Å². The molecule has 0 unspecified atom stereocenters. The standard InChI is InChI=1S/C22H21F4N3O2/c1-2-27-21(30)19-14-31-20(28-19)13-29(11-15-7-9-17(23)10-8-15)12-16-5-3-4-6-18(16)22(24,25)26/h3-10,14H,2,11-13H2,1H3,(H,27,30). The van der Waals surface area contributed by atoms with Gasteiger partial charge in [-0.1, -0.05) is 30.3 Å². The molecule has 0 aliphatic rings. The number of rotatable bonds is 8. The molecule has 164 valence electrons. The summed E-state index contributed by atoms with van der Waals surface area (Å²) in [6.45, 7) is 2.42. The molecule has 3 rings (SSSR count). The summed E-state index contributed by atoms with van der Waals surface area (Å²) in [6, 6.07) is 11.0. The zero-order chi connectivity index (χ0) is 22.4. The van der Waals surface area contributed by atoms with Crippen molar-refractivity contribution in [1.29, 1.82) is 0 Å². The van der Waals surface area contributed by atoms with Crippen molar-refractivity contribution in [2.24, 2.45) is 0 Å². The van der Waals surface area contributed by atoms with Gasteiger partial charge in [-0.2, -0.15) is 13.2 Å². The molecule has 0 saturated carbocycles. The third-order valence-corrected chi connectivity index (χ3v) is 4.52. The van der Waals surface area contributed by atoms with E-state index in [1.807, 2.05) is 0 Å². The Labute approximate surface area is 176 Å². The Balaban J connectivity index is 1.85. The monoisotopic (exact) mass is 435 g/mol. The van der Waals surface area contributed by atoms with Crippen LogP contribution in [0.25, 0.3) is 0 Å². The number of hydrogen-bond donors (Lipinski definition) is 1. The van der Waals surface area contributed by atoms with Crippen LogP contribution in [0.2, 0.25) is 0 Å². The van der Waals surface area contributed by atoms with Gasteiger partial charge in [-0.25, -0.2) is 9.37 Å². The van der Waals surface area contributed by atoms with Crippen LogP contribution in [-0.4, -0.2) is 22.3 Å². The molecule has 1 N–H and O–H groups in total. The second-order valence-corrected chi connectivity index (χ2v) is 6.91. The fourth-order valence-corrected chi connectivity index (χ4v) is 3.12. The number of amides is 1. The summed E-state index contributed by atoms with van der Waals surface area (Å²) < 4.78 is 58.9. The number of carbonyl (C=O) groups excluding carboxylic acids is 1. The highest BCUT2D eigenvalue weighted by molar-refractivity contribution is 5.91. The lowest BCUT2D eigenvalue weighted by atomic mass is 10.1. The van der Waals surface area contributed by atoms with Gasteiger partial charge >= 0.3 is 6.18 Å². The first-order valence-electron chi connectivity index (χ1n) is 9.60. The molecule has 9 heteroatoms. The van der Waals surface area contributed by atoms with Crippen molar-refractivity contribution >= 4 is 5.91 Å². The number of nitrogens with zero attached hydrogens (tertiary/aromatic N) is 2. The van der Waals surface area contributed by atoms with Crippen molar-refractivity contribution in [3.63, 3.8) is 0 Å². The van der Waals surface area contributed by atoms with Crippen LogP contribution < -0.4 is 5.32 Å². The fraction of sp³-hybridized carbons (Fsp3) is 0.273. The number of oxazole rings is 1. The van der Waals surface area contributed by atoms with Crippen LogP contribution in [0, 0.1) is 5.82 Å². The molecule has 3 aromatic rings. The lowest BCUT2D eigenvalue weighted by molar-refractivity contribution is -0.138. The van der Waals surface area contributed by atoms with Gasteiger partial charge in [0, 0.05) is 19.6 Å². The average molecular weight is 435 g/mol. The molecular formula is C22H21F4N3O2. The Hall–Kier alpha value is -3.20. The van der Waals surface area contributed by atoms with Crippen LogP contribution in [-0.2, 0) is 25.8 Å². The van der Waals surface area contributed by atoms with Crippen molar-refractivity contribution < 1.29 is 26.8 Å². The highest BCUT2D eigenvalue weighted by Gasteiger charge is 2.33. The van der Waals surface area contributed by atoms with Gasteiger partial charge in [0.15, 0.2) is 5.69 Å². The summed E-state index contributed by atoms with van der Waals surface area (Å²) >= 11 is 0. The summed E-state index contributed by atoms with van der Waals surface area (Å²) in [5, 5.41) is 2.60. The molecule has 1 aromatic heterocycles. The summed E-state index contributed by atoms with van der Waals surface area (Å²) in [5.41, 5.74) is 0.165. The predicted molar refractivity (Wildman–Crippen MR) is 105 cm³/mol. The average Bonchev–Trinajstić information content (AvgIpc) is 3.18. The first-order chi connectivity index (χ1) is 14.8. The quantitative estimate of drug-likeness (QED) is 0.517. The van der Waals surface area contributed by atoms with E-state index in [0.29, 0.717) is 12.1 Å². The fourth-order valence-electron chi connectivity index (χ4n) is 3.12. The zero-order valence-electron chi connectivity index (χ0n) is 16.7. The van der Waals surface area contributed by atoms with E-state index in [-0.39, 0.29) is 36.8 Å². The molecule has 0 atom stereocenters. The van der Waals surface area contributed by atoms with Crippen molar-refractivity contribution in [3.05, 3.63) is 88.9 Å². The summed E-state index contributed by atoms with van der Waals surface area (Å²) in [4.78, 5) is 17.7. The molecule has 5 nitrogen and oxygen atoms in total. The molecule has 0 aliphatic carbocycles. The first-order valence-corrected chi connectivity index (χ1v) is 9.60. The predicted octanol–water partition coefficient (Wildman–Crippen LogP) is 4.78. The maximum atomic E-state index is 13.4. The maximum absolute atomic E-state index is 13.4. The molecule has 2 aromatic carbocycles. The second kappa shape index (κ2) is 9.74. The molecule has 0 fully saturated rings. The van der Waals surface area contributed by atoms with Gasteiger partial charge in [-0.3, -0.25) is 9.69 Å². The highest BCUT2D eigenvalue weighted by Crippen LogP contribution is 2.32. The Morgan fingerprint density at radius 3 is 2.45 bits per heavy atom. The van der Waals surface area contributed by atoms with E-state index in [9.17, 15) is 22.4 Å². The smallest absolute Gasteiger partial charge is 0.416 e. The normalized spacial score (nSPS) is 11.7. The van der Waals surface area contributed by atoms with Crippen LogP contribution >= 0.6 is 0 Å². The first kappa shape index (κ1) is 22.5. The van der Waals surface area contributed by atoms with E-state index in [4.69, 9.17) is 4.42 Å². The van der Waals surface area contributed by atoms with Crippen LogP contribution in [0.3, 0.4) is 0 Å². The van der Waals surface area contributed by atoms with E-state index in [0.717, 1.165) is 6.07 Å². The number of halogens is 4. The van der Waals surface area contributed by atoms with E-state index >= 15 is 0 Å². The third-order valence-electron chi connectivity index (χ3n) is 4.52. The molecule has 0 aliphatic heterocycles. The van der Waals surface area contributed by atoms with Crippen molar-refractivity contribution in [3.8, 4) is 0 Å². The zero-order valence-corrected chi connectivity index (χ0v) is 16.7. The van der Waals surface area contributed by atoms with Gasteiger partial charge in [0.05, 0.1) is 12.1 Å². The minimum Gasteiger partial charge on any atom is -0.447 e.